The zero-order valence-corrected chi connectivity index (χ0v) is 15.3. The van der Waals surface area contributed by atoms with Crippen LogP contribution in [0.1, 0.15) is 25.7 Å². The van der Waals surface area contributed by atoms with E-state index in [1.807, 2.05) is 4.90 Å². The number of likely N-dealkylation sites (tertiary alicyclic amines) is 1. The lowest BCUT2D eigenvalue weighted by Gasteiger charge is -2.36. The van der Waals surface area contributed by atoms with Crippen molar-refractivity contribution < 1.29 is 18.8 Å². The van der Waals surface area contributed by atoms with Gasteiger partial charge in [-0.25, -0.2) is 4.39 Å². The van der Waals surface area contributed by atoms with Gasteiger partial charge in [0.1, 0.15) is 12.4 Å². The fraction of sp³-hybridized carbons (Fsp3) is 0.550. The van der Waals surface area contributed by atoms with Crippen LogP contribution in [0, 0.1) is 17.7 Å². The molecule has 3 amide bonds. The molecule has 1 aromatic rings. The molecule has 6 nitrogen and oxygen atoms in total. The Kier molecular flexibility index (Phi) is 4.85. The lowest BCUT2D eigenvalue weighted by Crippen LogP contribution is -2.52. The van der Waals surface area contributed by atoms with Gasteiger partial charge in [-0.1, -0.05) is 25.0 Å². The highest BCUT2D eigenvalue weighted by molar-refractivity contribution is 6.07. The van der Waals surface area contributed by atoms with Crippen molar-refractivity contribution in [2.24, 2.45) is 11.8 Å². The molecule has 3 fully saturated rings. The van der Waals surface area contributed by atoms with Gasteiger partial charge in [0.05, 0.1) is 17.5 Å². The van der Waals surface area contributed by atoms with Crippen LogP contribution in [-0.2, 0) is 14.4 Å². The average Bonchev–Trinajstić information content (AvgIpc) is 2.94. The Hall–Kier alpha value is -2.44. The molecule has 7 heteroatoms. The van der Waals surface area contributed by atoms with Gasteiger partial charge in [0, 0.05) is 26.2 Å². The minimum Gasteiger partial charge on any atom is -0.366 e. The zero-order chi connectivity index (χ0) is 19.0. The molecule has 0 N–H and O–H groups in total. The zero-order valence-electron chi connectivity index (χ0n) is 15.3. The van der Waals surface area contributed by atoms with Crippen LogP contribution in [0.5, 0.6) is 0 Å². The predicted molar refractivity (Wildman–Crippen MR) is 97.4 cm³/mol. The third-order valence-corrected chi connectivity index (χ3v) is 6.05. The molecule has 0 aromatic heterocycles. The third kappa shape index (κ3) is 3.31. The fourth-order valence-electron chi connectivity index (χ4n) is 4.53. The number of halogens is 1. The number of fused-ring (bicyclic) bond motifs is 1. The van der Waals surface area contributed by atoms with E-state index < -0.39 is 0 Å². The predicted octanol–water partition coefficient (Wildman–Crippen LogP) is 1.65. The molecule has 0 spiro atoms. The summed E-state index contributed by atoms with van der Waals surface area (Å²) in [6.45, 7) is 1.80. The van der Waals surface area contributed by atoms with Crippen LogP contribution >= 0.6 is 0 Å². The smallest absolute Gasteiger partial charge is 0.242 e. The number of para-hydroxylation sites is 1. The summed E-state index contributed by atoms with van der Waals surface area (Å²) in [4.78, 5) is 42.5. The maximum Gasteiger partial charge on any atom is 0.242 e. The second kappa shape index (κ2) is 7.29. The van der Waals surface area contributed by atoms with Crippen molar-refractivity contribution in [3.63, 3.8) is 0 Å². The molecule has 144 valence electrons. The molecule has 0 radical (unpaired) electrons. The van der Waals surface area contributed by atoms with Gasteiger partial charge in [-0.05, 0) is 25.0 Å². The standard InChI is InChI=1S/C20H24FN3O3/c21-16-7-3-4-8-17(16)22-9-11-23(12-10-22)18(25)13-24-19(26)14-5-1-2-6-15(14)20(24)27/h3-4,7-8,14-15H,1-2,5-6,9-13H2/t14-,15-/m0/s1. The van der Waals surface area contributed by atoms with Crippen LogP contribution in [0.25, 0.3) is 0 Å². The lowest BCUT2D eigenvalue weighted by molar-refractivity contribution is -0.146. The number of rotatable bonds is 3. The minimum absolute atomic E-state index is 0.162. The Morgan fingerprint density at radius 3 is 2.15 bits per heavy atom. The lowest BCUT2D eigenvalue weighted by atomic mass is 9.81. The molecule has 2 atom stereocenters. The topological polar surface area (TPSA) is 60.9 Å². The number of benzene rings is 1. The summed E-state index contributed by atoms with van der Waals surface area (Å²) in [5, 5.41) is 0. The Balaban J connectivity index is 1.35. The van der Waals surface area contributed by atoms with Crippen molar-refractivity contribution in [2.45, 2.75) is 25.7 Å². The number of carbonyl (C=O) groups is 3. The van der Waals surface area contributed by atoms with Crippen molar-refractivity contribution in [2.75, 3.05) is 37.6 Å². The number of hydrogen-bond acceptors (Lipinski definition) is 4. The summed E-state index contributed by atoms with van der Waals surface area (Å²) in [5.74, 6) is -1.28. The van der Waals surface area contributed by atoms with Gasteiger partial charge in [-0.15, -0.1) is 0 Å². The highest BCUT2D eigenvalue weighted by Crippen LogP contribution is 2.37. The van der Waals surface area contributed by atoms with Crippen molar-refractivity contribution in [3.05, 3.63) is 30.1 Å². The Labute approximate surface area is 157 Å². The number of imide groups is 1. The average molecular weight is 373 g/mol. The first kappa shape index (κ1) is 17.9. The van der Waals surface area contributed by atoms with E-state index in [1.165, 1.54) is 11.0 Å². The number of anilines is 1. The second-order valence-corrected chi connectivity index (χ2v) is 7.58. The van der Waals surface area contributed by atoms with Gasteiger partial charge in [0.25, 0.3) is 0 Å². The molecule has 0 bridgehead atoms. The summed E-state index contributed by atoms with van der Waals surface area (Å²) in [5.41, 5.74) is 0.540. The molecule has 2 heterocycles. The van der Waals surface area contributed by atoms with Crippen LogP contribution in [-0.4, -0.2) is 60.2 Å². The van der Waals surface area contributed by atoms with Gasteiger partial charge in [-0.2, -0.15) is 0 Å². The SMILES string of the molecule is O=C(CN1C(=O)[C@H]2CCCC[C@@H]2C1=O)N1CCN(c2ccccc2F)CC1. The van der Waals surface area contributed by atoms with Gasteiger partial charge >= 0.3 is 0 Å². The van der Waals surface area contributed by atoms with E-state index in [0.717, 1.165) is 25.7 Å². The van der Waals surface area contributed by atoms with E-state index in [0.29, 0.717) is 31.9 Å². The number of hydrogen-bond donors (Lipinski definition) is 0. The van der Waals surface area contributed by atoms with E-state index in [4.69, 9.17) is 0 Å². The highest BCUT2D eigenvalue weighted by Gasteiger charge is 2.48. The molecular weight excluding hydrogens is 349 g/mol. The Bertz CT molecular complexity index is 737. The molecule has 0 unspecified atom stereocenters. The van der Waals surface area contributed by atoms with E-state index in [-0.39, 0.29) is 41.9 Å². The molecule has 1 aliphatic carbocycles. The van der Waals surface area contributed by atoms with Crippen molar-refractivity contribution in [1.29, 1.82) is 0 Å². The molecule has 2 saturated heterocycles. The highest BCUT2D eigenvalue weighted by atomic mass is 19.1. The van der Waals surface area contributed by atoms with Crippen LogP contribution in [0.2, 0.25) is 0 Å². The van der Waals surface area contributed by atoms with E-state index in [1.54, 1.807) is 23.1 Å². The quantitative estimate of drug-likeness (QED) is 0.756. The second-order valence-electron chi connectivity index (χ2n) is 7.58. The van der Waals surface area contributed by atoms with Crippen molar-refractivity contribution in [3.8, 4) is 0 Å². The van der Waals surface area contributed by atoms with E-state index in [9.17, 15) is 18.8 Å². The van der Waals surface area contributed by atoms with Crippen LogP contribution in [0.4, 0.5) is 10.1 Å². The number of nitrogens with zero attached hydrogens (tertiary/aromatic N) is 3. The van der Waals surface area contributed by atoms with Gasteiger partial charge < -0.3 is 9.80 Å². The molecule has 27 heavy (non-hydrogen) atoms. The maximum atomic E-state index is 13.9. The van der Waals surface area contributed by atoms with Crippen molar-refractivity contribution >= 4 is 23.4 Å². The first-order valence-electron chi connectivity index (χ1n) is 9.69. The summed E-state index contributed by atoms with van der Waals surface area (Å²) in [7, 11) is 0. The molecule has 4 rings (SSSR count). The summed E-state index contributed by atoms with van der Waals surface area (Å²) in [6.07, 6.45) is 3.45. The Morgan fingerprint density at radius 1 is 0.963 bits per heavy atom. The Morgan fingerprint density at radius 2 is 1.56 bits per heavy atom. The monoisotopic (exact) mass is 373 g/mol. The molecule has 1 saturated carbocycles. The maximum absolute atomic E-state index is 13.9. The number of carbonyl (C=O) groups excluding carboxylic acids is 3. The van der Waals surface area contributed by atoms with Gasteiger partial charge in [0.15, 0.2) is 0 Å². The molecule has 2 aliphatic heterocycles. The molecule has 3 aliphatic rings. The summed E-state index contributed by atoms with van der Waals surface area (Å²) >= 11 is 0. The van der Waals surface area contributed by atoms with Gasteiger partial charge in [0.2, 0.25) is 17.7 Å². The minimum atomic E-state index is -0.270. The van der Waals surface area contributed by atoms with Crippen LogP contribution < -0.4 is 4.90 Å². The van der Waals surface area contributed by atoms with E-state index in [2.05, 4.69) is 0 Å². The molecule has 1 aromatic carbocycles. The number of amides is 3. The summed E-state index contributed by atoms with van der Waals surface area (Å²) in [6, 6.07) is 6.60. The third-order valence-electron chi connectivity index (χ3n) is 6.05. The van der Waals surface area contributed by atoms with E-state index >= 15 is 0 Å². The first-order chi connectivity index (χ1) is 13.1. The number of piperazine rings is 1. The van der Waals surface area contributed by atoms with Gasteiger partial charge in [-0.3, -0.25) is 19.3 Å². The van der Waals surface area contributed by atoms with Crippen LogP contribution in [0.15, 0.2) is 24.3 Å². The summed E-state index contributed by atoms with van der Waals surface area (Å²) < 4.78 is 13.9. The fourth-order valence-corrected chi connectivity index (χ4v) is 4.53. The largest absolute Gasteiger partial charge is 0.366 e. The molecular formula is C20H24FN3O3. The normalized spacial score (nSPS) is 25.7. The van der Waals surface area contributed by atoms with Crippen LogP contribution in [0.3, 0.4) is 0 Å². The van der Waals surface area contributed by atoms with Crippen molar-refractivity contribution in [1.82, 2.24) is 9.80 Å². The first-order valence-corrected chi connectivity index (χ1v) is 9.69.